The summed E-state index contributed by atoms with van der Waals surface area (Å²) in [6.45, 7) is 0.0641. The van der Waals surface area contributed by atoms with Gasteiger partial charge in [-0.15, -0.1) is 0 Å². The van der Waals surface area contributed by atoms with Gasteiger partial charge in [-0.1, -0.05) is 11.6 Å². The Morgan fingerprint density at radius 2 is 2.00 bits per heavy atom. The van der Waals surface area contributed by atoms with Crippen molar-refractivity contribution in [3.05, 3.63) is 62.5 Å². The third-order valence-electron chi connectivity index (χ3n) is 3.70. The van der Waals surface area contributed by atoms with E-state index >= 15 is 0 Å². The molecule has 1 unspecified atom stereocenters. The molecule has 9 heteroatoms. The average Bonchev–Trinajstić information content (AvgIpc) is 2.53. The standard InChI is InChI=1S/C16H13ClF3N3O2/c17-10-1-2-11-8(6-10)5-9(14(24)22-11)7-21-12-3-4-13(16(18,19)20)23-15(12)25/h1-6,14,21-22,24H,7H2,(H,23,25). The second-order valence-electron chi connectivity index (χ2n) is 5.46. The molecule has 1 atom stereocenters. The van der Waals surface area contributed by atoms with E-state index in [4.69, 9.17) is 11.6 Å². The number of aromatic nitrogens is 1. The van der Waals surface area contributed by atoms with E-state index in [0.29, 0.717) is 16.3 Å². The molecule has 5 nitrogen and oxygen atoms in total. The molecule has 1 aromatic heterocycles. The summed E-state index contributed by atoms with van der Waals surface area (Å²) >= 11 is 5.93. The van der Waals surface area contributed by atoms with Crippen LogP contribution in [0.25, 0.3) is 6.08 Å². The highest BCUT2D eigenvalue weighted by Crippen LogP contribution is 2.29. The first-order valence-electron chi connectivity index (χ1n) is 7.23. The third-order valence-corrected chi connectivity index (χ3v) is 3.93. The number of benzene rings is 1. The molecule has 25 heavy (non-hydrogen) atoms. The van der Waals surface area contributed by atoms with Gasteiger partial charge in [0.15, 0.2) is 0 Å². The van der Waals surface area contributed by atoms with E-state index < -0.39 is 23.7 Å². The minimum atomic E-state index is -4.62. The van der Waals surface area contributed by atoms with Gasteiger partial charge in [0.2, 0.25) is 0 Å². The lowest BCUT2D eigenvalue weighted by molar-refractivity contribution is -0.141. The quantitative estimate of drug-likeness (QED) is 0.668. The number of hydrogen-bond donors (Lipinski definition) is 4. The van der Waals surface area contributed by atoms with Gasteiger partial charge in [0.05, 0.1) is 0 Å². The highest BCUT2D eigenvalue weighted by molar-refractivity contribution is 6.30. The second-order valence-corrected chi connectivity index (χ2v) is 5.90. The lowest BCUT2D eigenvalue weighted by atomic mass is 10.0. The Kier molecular flexibility index (Phi) is 4.49. The maximum absolute atomic E-state index is 12.5. The minimum Gasteiger partial charge on any atom is -0.377 e. The largest absolute Gasteiger partial charge is 0.431 e. The summed E-state index contributed by atoms with van der Waals surface area (Å²) in [6.07, 6.45) is -3.91. The molecule has 0 spiro atoms. The maximum Gasteiger partial charge on any atom is 0.431 e. The smallest absolute Gasteiger partial charge is 0.377 e. The number of hydrogen-bond acceptors (Lipinski definition) is 4. The fourth-order valence-electron chi connectivity index (χ4n) is 2.43. The normalized spacial score (nSPS) is 16.7. The van der Waals surface area contributed by atoms with E-state index in [1.165, 1.54) is 0 Å². The number of rotatable bonds is 3. The van der Waals surface area contributed by atoms with Gasteiger partial charge in [0, 0.05) is 17.3 Å². The van der Waals surface area contributed by atoms with Gasteiger partial charge in [-0.2, -0.15) is 13.2 Å². The van der Waals surface area contributed by atoms with Crippen molar-refractivity contribution in [3.8, 4) is 0 Å². The number of aromatic amines is 1. The molecule has 0 fully saturated rings. The summed E-state index contributed by atoms with van der Waals surface area (Å²) in [4.78, 5) is 13.5. The Morgan fingerprint density at radius 3 is 2.68 bits per heavy atom. The zero-order valence-corrected chi connectivity index (χ0v) is 13.4. The van der Waals surface area contributed by atoms with Crippen molar-refractivity contribution in [1.29, 1.82) is 0 Å². The molecular formula is C16H13ClF3N3O2. The zero-order chi connectivity index (χ0) is 18.2. The summed E-state index contributed by atoms with van der Waals surface area (Å²) < 4.78 is 37.6. The Morgan fingerprint density at radius 1 is 1.24 bits per heavy atom. The molecule has 0 saturated carbocycles. The third kappa shape index (κ3) is 3.80. The number of aliphatic hydroxyl groups excluding tert-OH is 1. The van der Waals surface area contributed by atoms with Crippen LogP contribution in [0.1, 0.15) is 11.3 Å². The summed E-state index contributed by atoms with van der Waals surface area (Å²) in [5, 5.41) is 16.2. The fourth-order valence-corrected chi connectivity index (χ4v) is 2.61. The lowest BCUT2D eigenvalue weighted by Gasteiger charge is -2.25. The van der Waals surface area contributed by atoms with Crippen molar-refractivity contribution in [2.75, 3.05) is 17.2 Å². The van der Waals surface area contributed by atoms with Crippen molar-refractivity contribution in [1.82, 2.24) is 4.98 Å². The van der Waals surface area contributed by atoms with Crippen LogP contribution in [0.15, 0.2) is 40.7 Å². The van der Waals surface area contributed by atoms with E-state index in [1.54, 1.807) is 29.3 Å². The number of H-pyrrole nitrogens is 1. The van der Waals surface area contributed by atoms with Crippen LogP contribution < -0.4 is 16.2 Å². The number of fused-ring (bicyclic) bond motifs is 1. The predicted octanol–water partition coefficient (Wildman–Crippen LogP) is 3.29. The molecular weight excluding hydrogens is 359 g/mol. The average molecular weight is 372 g/mol. The van der Waals surface area contributed by atoms with E-state index in [-0.39, 0.29) is 12.2 Å². The summed E-state index contributed by atoms with van der Waals surface area (Å²) in [5.41, 5.74) is -0.0710. The molecule has 0 aliphatic carbocycles. The molecule has 132 valence electrons. The van der Waals surface area contributed by atoms with E-state index in [0.717, 1.165) is 17.7 Å². The van der Waals surface area contributed by atoms with Crippen molar-refractivity contribution in [3.63, 3.8) is 0 Å². The topological polar surface area (TPSA) is 77.2 Å². The van der Waals surface area contributed by atoms with Crippen LogP contribution in [0.5, 0.6) is 0 Å². The Hall–Kier alpha value is -2.45. The van der Waals surface area contributed by atoms with Gasteiger partial charge in [-0.3, -0.25) is 4.79 Å². The molecule has 0 amide bonds. The van der Waals surface area contributed by atoms with Crippen LogP contribution in [0.3, 0.4) is 0 Å². The number of pyridine rings is 1. The number of anilines is 2. The number of alkyl halides is 3. The monoisotopic (exact) mass is 371 g/mol. The SMILES string of the molecule is O=c1[nH]c(C(F)(F)F)ccc1NCC1=Cc2cc(Cl)ccc2NC1O. The van der Waals surface area contributed by atoms with Crippen molar-refractivity contribution in [2.45, 2.75) is 12.4 Å². The predicted molar refractivity (Wildman–Crippen MR) is 89.6 cm³/mol. The summed E-state index contributed by atoms with van der Waals surface area (Å²) in [5.74, 6) is 0. The van der Waals surface area contributed by atoms with Crippen LogP contribution in [0.2, 0.25) is 5.02 Å². The first-order chi connectivity index (χ1) is 11.7. The Balaban J connectivity index is 1.78. The molecule has 4 N–H and O–H groups in total. The molecule has 1 aromatic carbocycles. The fraction of sp³-hybridized carbons (Fsp3) is 0.188. The molecule has 0 radical (unpaired) electrons. The molecule has 0 bridgehead atoms. The van der Waals surface area contributed by atoms with Gasteiger partial charge >= 0.3 is 6.18 Å². The first-order valence-corrected chi connectivity index (χ1v) is 7.61. The minimum absolute atomic E-state index is 0.0296. The molecule has 0 saturated heterocycles. The second kappa shape index (κ2) is 6.45. The number of halogens is 4. The highest BCUT2D eigenvalue weighted by Gasteiger charge is 2.31. The van der Waals surface area contributed by atoms with E-state index in [2.05, 4.69) is 10.6 Å². The molecule has 3 rings (SSSR count). The highest BCUT2D eigenvalue weighted by atomic mass is 35.5. The van der Waals surface area contributed by atoms with Gasteiger partial charge in [-0.05, 0) is 47.5 Å². The van der Waals surface area contributed by atoms with Crippen molar-refractivity contribution >= 4 is 29.1 Å². The number of nitrogens with one attached hydrogen (secondary N) is 3. The molecule has 1 aliphatic rings. The van der Waals surface area contributed by atoms with Crippen LogP contribution in [-0.2, 0) is 6.18 Å². The van der Waals surface area contributed by atoms with E-state index in [1.807, 2.05) is 0 Å². The van der Waals surface area contributed by atoms with Crippen LogP contribution in [0.4, 0.5) is 24.5 Å². The van der Waals surface area contributed by atoms with Crippen LogP contribution >= 0.6 is 11.6 Å². The summed E-state index contributed by atoms with van der Waals surface area (Å²) in [7, 11) is 0. The lowest BCUT2D eigenvalue weighted by Crippen LogP contribution is -2.29. The Labute approximate surface area is 145 Å². The van der Waals surface area contributed by atoms with Crippen LogP contribution in [0, 0.1) is 0 Å². The van der Waals surface area contributed by atoms with Gasteiger partial charge in [-0.25, -0.2) is 0 Å². The number of aliphatic hydroxyl groups is 1. The van der Waals surface area contributed by atoms with Gasteiger partial charge in [0.1, 0.15) is 17.6 Å². The maximum atomic E-state index is 12.5. The van der Waals surface area contributed by atoms with E-state index in [9.17, 15) is 23.1 Å². The van der Waals surface area contributed by atoms with Crippen molar-refractivity contribution < 1.29 is 18.3 Å². The molecule has 2 heterocycles. The van der Waals surface area contributed by atoms with Crippen molar-refractivity contribution in [2.24, 2.45) is 0 Å². The van der Waals surface area contributed by atoms with Gasteiger partial charge in [0.25, 0.3) is 5.56 Å². The first kappa shape index (κ1) is 17.4. The summed E-state index contributed by atoms with van der Waals surface area (Å²) in [6, 6.07) is 6.94. The zero-order valence-electron chi connectivity index (χ0n) is 12.6. The van der Waals surface area contributed by atoms with Crippen LogP contribution in [-0.4, -0.2) is 22.9 Å². The van der Waals surface area contributed by atoms with Gasteiger partial charge < -0.3 is 20.7 Å². The molecule has 1 aliphatic heterocycles. The molecule has 2 aromatic rings. The Bertz CT molecular complexity index is 893.